The first-order valence-electron chi connectivity index (χ1n) is 28.9. The van der Waals surface area contributed by atoms with Gasteiger partial charge in [-0.1, -0.05) is 213 Å². The summed E-state index contributed by atoms with van der Waals surface area (Å²) in [5, 5.41) is 85.6. The number of nitrogens with zero attached hydrogens (tertiary/aromatic N) is 2. The SMILES string of the molecule is CCCCCCCCCCCCCC(=O)N[C@@H](CCC(=O)O)C(=O)O.CCCCCCCCCCCCCC([O-])=N[C@@H](CCC(=O)[O-])C(=O)[O-].CCCCCCCCCCCCCC([O-])=N[C@@H](CCC(=O)[O-])C(=O)[O-].[Al+3].[Al+3]. The van der Waals surface area contributed by atoms with Crippen molar-refractivity contribution >= 4 is 88.2 Å². The van der Waals surface area contributed by atoms with E-state index in [9.17, 15) is 64.2 Å². The summed E-state index contributed by atoms with van der Waals surface area (Å²) < 4.78 is 0. The number of nitrogens with one attached hydrogen (secondary N) is 1. The topological polar surface area (TPSA) is 335 Å². The number of carboxylic acid groups (broad SMARTS) is 6. The van der Waals surface area contributed by atoms with Crippen LogP contribution in [-0.2, 0) is 33.6 Å². The van der Waals surface area contributed by atoms with E-state index in [1.807, 2.05) is 0 Å². The second-order valence-electron chi connectivity index (χ2n) is 19.8. The van der Waals surface area contributed by atoms with Crippen molar-refractivity contribution in [3.8, 4) is 0 Å². The number of carboxylic acids is 6. The summed E-state index contributed by atoms with van der Waals surface area (Å²) in [5.41, 5.74) is 0. The zero-order valence-corrected chi connectivity index (χ0v) is 50.0. The maximum absolute atomic E-state index is 11.7. The molecule has 1 amide bonds. The summed E-state index contributed by atoms with van der Waals surface area (Å²) in [7, 11) is 0. The van der Waals surface area contributed by atoms with Gasteiger partial charge >= 0.3 is 46.7 Å². The van der Waals surface area contributed by atoms with Gasteiger partial charge in [-0.15, -0.1) is 0 Å². The van der Waals surface area contributed by atoms with Crippen LogP contribution in [0.2, 0.25) is 0 Å². The number of carbonyl (C=O) groups is 7. The van der Waals surface area contributed by atoms with Crippen LogP contribution in [0.1, 0.15) is 290 Å². The van der Waals surface area contributed by atoms with Crippen molar-refractivity contribution in [2.75, 3.05) is 0 Å². The Bertz CT molecular complexity index is 1460. The first-order chi connectivity index (χ1) is 35.9. The van der Waals surface area contributed by atoms with E-state index in [0.717, 1.165) is 57.8 Å². The minimum absolute atomic E-state index is 0. The van der Waals surface area contributed by atoms with Crippen molar-refractivity contribution in [1.82, 2.24) is 5.32 Å². The van der Waals surface area contributed by atoms with Crippen molar-refractivity contribution in [1.29, 1.82) is 0 Å². The van der Waals surface area contributed by atoms with Crippen LogP contribution in [0.5, 0.6) is 0 Å². The molecule has 3 N–H and O–H groups in total. The predicted octanol–water partition coefficient (Wildman–Crippen LogP) is 5.55. The van der Waals surface area contributed by atoms with Gasteiger partial charge in [-0.3, -0.25) is 19.6 Å². The smallest absolute Gasteiger partial charge is 0.862 e. The van der Waals surface area contributed by atoms with E-state index >= 15 is 0 Å². The average Bonchev–Trinajstić information content (AvgIpc) is 3.35. The van der Waals surface area contributed by atoms with E-state index < -0.39 is 78.6 Å². The molecular formula is C57H99Al2N3O15. The number of hydrogen-bond acceptors (Lipinski definition) is 15. The summed E-state index contributed by atoms with van der Waals surface area (Å²) in [6, 6.07) is -3.90. The van der Waals surface area contributed by atoms with Crippen LogP contribution in [0, 0.1) is 0 Å². The van der Waals surface area contributed by atoms with Gasteiger partial charge in [0.25, 0.3) is 0 Å². The largest absolute Gasteiger partial charge is 3.00 e. The molecule has 0 spiro atoms. The molecule has 0 saturated carbocycles. The van der Waals surface area contributed by atoms with Gasteiger partial charge in [0, 0.05) is 24.8 Å². The van der Waals surface area contributed by atoms with Gasteiger partial charge in [0.15, 0.2) is 0 Å². The number of hydrogen-bond donors (Lipinski definition) is 3. The van der Waals surface area contributed by atoms with Crippen LogP contribution >= 0.6 is 0 Å². The van der Waals surface area contributed by atoms with Crippen LogP contribution in [-0.4, -0.2) is 117 Å². The molecule has 0 saturated heterocycles. The van der Waals surface area contributed by atoms with Crippen LogP contribution in [0.4, 0.5) is 0 Å². The third kappa shape index (κ3) is 64.7. The van der Waals surface area contributed by atoms with E-state index in [1.54, 1.807) is 0 Å². The van der Waals surface area contributed by atoms with Crippen molar-refractivity contribution in [2.45, 2.75) is 309 Å². The van der Waals surface area contributed by atoms with Crippen LogP contribution in [0.3, 0.4) is 0 Å². The quantitative estimate of drug-likeness (QED) is 0.0291. The molecule has 18 nitrogen and oxygen atoms in total. The average molecular weight is 1120 g/mol. The van der Waals surface area contributed by atoms with Gasteiger partial charge in [-0.05, 0) is 76.0 Å². The van der Waals surface area contributed by atoms with E-state index in [2.05, 4.69) is 36.1 Å². The standard InChI is InChI=1S/3C19H35NO5.2Al/c3*1-2-3-4-5-6-7-8-9-10-11-12-13-17(21)20-16(19(24)25)14-15-18(22)23;;/h3*16H,2-15H2,1H3,(H,20,21)(H,22,23)(H,24,25);;/q;;;2*+3/p-6/t3*16-;;/m000../s1. The van der Waals surface area contributed by atoms with Gasteiger partial charge in [0.1, 0.15) is 6.04 Å². The van der Waals surface area contributed by atoms with Crippen LogP contribution < -0.4 is 36.0 Å². The molecule has 20 heteroatoms. The molecule has 3 atom stereocenters. The maximum Gasteiger partial charge on any atom is 3.00 e. The number of aliphatic imine (C=N–C) groups is 2. The molecule has 0 aliphatic rings. The fourth-order valence-corrected chi connectivity index (χ4v) is 8.08. The molecular weight excluding hydrogens is 1020 g/mol. The van der Waals surface area contributed by atoms with Crippen LogP contribution in [0.15, 0.2) is 9.98 Å². The Balaban J connectivity index is -0.000000332. The van der Waals surface area contributed by atoms with Gasteiger partial charge in [-0.25, -0.2) is 4.79 Å². The minimum atomic E-state index is -1.52. The van der Waals surface area contributed by atoms with Crippen molar-refractivity contribution in [2.24, 2.45) is 9.98 Å². The Morgan fingerprint density at radius 3 is 0.857 bits per heavy atom. The second-order valence-corrected chi connectivity index (χ2v) is 19.8. The summed E-state index contributed by atoms with van der Waals surface area (Å²) >= 11 is 0. The maximum atomic E-state index is 11.7. The Morgan fingerprint density at radius 2 is 0.623 bits per heavy atom. The van der Waals surface area contributed by atoms with E-state index in [4.69, 9.17) is 10.2 Å². The monoisotopic (exact) mass is 1120 g/mol. The fourth-order valence-electron chi connectivity index (χ4n) is 8.08. The second kappa shape index (κ2) is 61.5. The molecule has 0 aliphatic heterocycles. The molecule has 0 fully saturated rings. The fraction of sp³-hybridized carbons (Fsp3) is 0.842. The summed E-state index contributed by atoms with van der Waals surface area (Å²) in [6.07, 6.45) is 37.8. The Labute approximate surface area is 484 Å². The number of amides is 1. The third-order valence-corrected chi connectivity index (χ3v) is 12.7. The molecule has 0 aliphatic carbocycles. The van der Waals surface area contributed by atoms with E-state index in [1.165, 1.54) is 141 Å². The molecule has 438 valence electrons. The minimum Gasteiger partial charge on any atom is -0.862 e. The van der Waals surface area contributed by atoms with E-state index in [0.29, 0.717) is 19.3 Å². The van der Waals surface area contributed by atoms with Crippen molar-refractivity contribution < 1.29 is 74.4 Å². The van der Waals surface area contributed by atoms with Crippen LogP contribution in [0.25, 0.3) is 0 Å². The van der Waals surface area contributed by atoms with E-state index in [-0.39, 0.29) is 79.2 Å². The van der Waals surface area contributed by atoms with Gasteiger partial charge in [0.2, 0.25) is 5.91 Å². The molecule has 0 aromatic heterocycles. The molecule has 0 aromatic carbocycles. The number of rotatable bonds is 51. The summed E-state index contributed by atoms with van der Waals surface area (Å²) in [6.45, 7) is 6.65. The summed E-state index contributed by atoms with van der Waals surface area (Å²) in [5.74, 6) is -9.32. The molecule has 0 unspecified atom stereocenters. The molecule has 0 bridgehead atoms. The Morgan fingerprint density at radius 1 is 0.364 bits per heavy atom. The van der Waals surface area contributed by atoms with Gasteiger partial charge in [0.05, 0.1) is 24.0 Å². The molecule has 77 heavy (non-hydrogen) atoms. The number of aliphatic carboxylic acids is 6. The number of carbonyl (C=O) groups excluding carboxylic acids is 5. The number of unbranched alkanes of at least 4 members (excludes halogenated alkanes) is 30. The molecule has 0 heterocycles. The van der Waals surface area contributed by atoms with Gasteiger partial charge < -0.3 is 65.3 Å². The zero-order chi connectivity index (χ0) is 56.7. The Kier molecular flexibility index (Phi) is 65.6. The zero-order valence-electron chi connectivity index (χ0n) is 47.7. The predicted molar refractivity (Wildman–Crippen MR) is 292 cm³/mol. The first kappa shape index (κ1) is 82.1. The van der Waals surface area contributed by atoms with Crippen molar-refractivity contribution in [3.63, 3.8) is 0 Å². The first-order valence-corrected chi connectivity index (χ1v) is 28.9. The molecule has 0 rings (SSSR count). The Hall–Kier alpha value is -3.71. The van der Waals surface area contributed by atoms with Crippen molar-refractivity contribution in [3.05, 3.63) is 0 Å². The van der Waals surface area contributed by atoms with Gasteiger partial charge in [-0.2, -0.15) is 0 Å². The molecule has 0 radical (unpaired) electrons. The third-order valence-electron chi connectivity index (χ3n) is 12.7. The normalized spacial score (nSPS) is 12.2. The summed E-state index contributed by atoms with van der Waals surface area (Å²) in [4.78, 5) is 82.7. The molecule has 0 aromatic rings.